The van der Waals surface area contributed by atoms with Crippen molar-refractivity contribution >= 4 is 35.0 Å². The van der Waals surface area contributed by atoms with Crippen LogP contribution in [0, 0.1) is 4.77 Å². The van der Waals surface area contributed by atoms with Crippen LogP contribution in [0.5, 0.6) is 0 Å². The number of rotatable bonds is 2. The molecule has 2 aromatic heterocycles. The number of H-pyrrole nitrogens is 1. The molecule has 0 saturated carbocycles. The van der Waals surface area contributed by atoms with Gasteiger partial charge in [-0.3, -0.25) is 4.57 Å². The molecule has 0 spiro atoms. The highest BCUT2D eigenvalue weighted by Gasteiger charge is 2.21. The lowest BCUT2D eigenvalue weighted by Crippen LogP contribution is -2.25. The van der Waals surface area contributed by atoms with E-state index >= 15 is 0 Å². The average Bonchev–Trinajstić information content (AvgIpc) is 2.53. The molecule has 5 heteroatoms. The lowest BCUT2D eigenvalue weighted by Gasteiger charge is -2.25. The molecule has 0 aliphatic heterocycles. The van der Waals surface area contributed by atoms with E-state index in [2.05, 4.69) is 30.7 Å². The summed E-state index contributed by atoms with van der Waals surface area (Å²) in [7, 11) is 0. The highest BCUT2D eigenvalue weighted by atomic mass is 35.5. The van der Waals surface area contributed by atoms with E-state index in [1.54, 1.807) is 6.20 Å². The van der Waals surface area contributed by atoms with Crippen molar-refractivity contribution in [1.82, 2.24) is 14.5 Å². The summed E-state index contributed by atoms with van der Waals surface area (Å²) >= 11 is 11.2. The zero-order chi connectivity index (χ0) is 11.9. The minimum atomic E-state index is -0.0455. The monoisotopic (exact) mass is 255 g/mol. The zero-order valence-corrected chi connectivity index (χ0v) is 11.1. The Morgan fingerprint density at radius 1 is 1.56 bits per heavy atom. The highest BCUT2D eigenvalue weighted by Crippen LogP contribution is 2.26. The molecule has 3 nitrogen and oxygen atoms in total. The highest BCUT2D eigenvalue weighted by molar-refractivity contribution is 7.71. The normalized spacial score (nSPS) is 12.2. The van der Waals surface area contributed by atoms with E-state index in [1.165, 1.54) is 0 Å². The van der Waals surface area contributed by atoms with Gasteiger partial charge >= 0.3 is 0 Å². The van der Waals surface area contributed by atoms with Gasteiger partial charge in [0, 0.05) is 11.7 Å². The molecule has 0 aromatic carbocycles. The Bertz CT molecular complexity index is 582. The van der Waals surface area contributed by atoms with Gasteiger partial charge in [-0.15, -0.1) is 0 Å². The summed E-state index contributed by atoms with van der Waals surface area (Å²) < 4.78 is 2.74. The van der Waals surface area contributed by atoms with Crippen LogP contribution in [0.2, 0.25) is 5.02 Å². The molecule has 0 amide bonds. The number of aromatic amines is 1. The SMILES string of the molecule is CCC(C)(C)n1c(=S)[nH]c2cc(Cl)cnc21. The van der Waals surface area contributed by atoms with Gasteiger partial charge in [0.2, 0.25) is 0 Å². The van der Waals surface area contributed by atoms with Crippen molar-refractivity contribution in [1.29, 1.82) is 0 Å². The molecule has 0 saturated heterocycles. The van der Waals surface area contributed by atoms with E-state index in [0.29, 0.717) is 9.79 Å². The van der Waals surface area contributed by atoms with Gasteiger partial charge in [0.1, 0.15) is 0 Å². The number of aromatic nitrogens is 3. The van der Waals surface area contributed by atoms with Crippen LogP contribution in [0.4, 0.5) is 0 Å². The molecular formula is C11H14ClN3S. The summed E-state index contributed by atoms with van der Waals surface area (Å²) in [6.07, 6.45) is 2.63. The first-order valence-corrected chi connectivity index (χ1v) is 6.01. The maximum absolute atomic E-state index is 5.90. The molecule has 0 atom stereocenters. The lowest BCUT2D eigenvalue weighted by molar-refractivity contribution is 0.346. The van der Waals surface area contributed by atoms with Crippen molar-refractivity contribution in [3.05, 3.63) is 22.1 Å². The number of nitrogens with zero attached hydrogens (tertiary/aromatic N) is 2. The van der Waals surface area contributed by atoms with Crippen LogP contribution in [0.15, 0.2) is 12.3 Å². The number of nitrogens with one attached hydrogen (secondary N) is 1. The summed E-state index contributed by atoms with van der Waals surface area (Å²) in [5.74, 6) is 0. The summed E-state index contributed by atoms with van der Waals surface area (Å²) in [6, 6.07) is 1.85. The van der Waals surface area contributed by atoms with Gasteiger partial charge in [0.25, 0.3) is 0 Å². The van der Waals surface area contributed by atoms with Crippen LogP contribution in [-0.2, 0) is 5.54 Å². The Morgan fingerprint density at radius 3 is 2.88 bits per heavy atom. The number of hydrogen-bond donors (Lipinski definition) is 1. The fourth-order valence-electron chi connectivity index (χ4n) is 1.69. The Morgan fingerprint density at radius 2 is 2.25 bits per heavy atom. The maximum Gasteiger partial charge on any atom is 0.179 e. The van der Waals surface area contributed by atoms with E-state index in [-0.39, 0.29) is 5.54 Å². The molecule has 1 N–H and O–H groups in total. The molecule has 16 heavy (non-hydrogen) atoms. The Labute approximate surface area is 104 Å². The van der Waals surface area contributed by atoms with Gasteiger partial charge in [-0.25, -0.2) is 4.98 Å². The fourth-order valence-corrected chi connectivity index (χ4v) is 2.29. The second-order valence-corrected chi connectivity index (χ2v) is 5.28. The molecule has 0 radical (unpaired) electrons. The van der Waals surface area contributed by atoms with Crippen LogP contribution in [0.1, 0.15) is 27.2 Å². The minimum absolute atomic E-state index is 0.0455. The molecule has 2 rings (SSSR count). The van der Waals surface area contributed by atoms with Gasteiger partial charge in [0.05, 0.1) is 10.5 Å². The predicted octanol–water partition coefficient (Wildman–Crippen LogP) is 3.89. The van der Waals surface area contributed by atoms with Gasteiger partial charge in [-0.05, 0) is 38.6 Å². The third-order valence-electron chi connectivity index (χ3n) is 2.96. The number of imidazole rings is 1. The molecule has 0 unspecified atom stereocenters. The topological polar surface area (TPSA) is 33.6 Å². The van der Waals surface area contributed by atoms with Gasteiger partial charge in [-0.2, -0.15) is 0 Å². The van der Waals surface area contributed by atoms with Crippen molar-refractivity contribution < 1.29 is 0 Å². The first-order chi connectivity index (χ1) is 7.45. The molecule has 86 valence electrons. The second kappa shape index (κ2) is 3.86. The summed E-state index contributed by atoms with van der Waals surface area (Å²) in [5.41, 5.74) is 1.70. The van der Waals surface area contributed by atoms with Crippen molar-refractivity contribution in [3.63, 3.8) is 0 Å². The molecular weight excluding hydrogens is 242 g/mol. The summed E-state index contributed by atoms with van der Waals surface area (Å²) in [5, 5.41) is 0.616. The molecule has 0 aliphatic carbocycles. The third-order valence-corrected chi connectivity index (χ3v) is 3.45. The Kier molecular flexibility index (Phi) is 2.80. The first-order valence-electron chi connectivity index (χ1n) is 5.22. The largest absolute Gasteiger partial charge is 0.329 e. The lowest BCUT2D eigenvalue weighted by atomic mass is 10.0. The number of fused-ring (bicyclic) bond motifs is 1. The number of halogens is 1. The zero-order valence-electron chi connectivity index (χ0n) is 9.54. The predicted molar refractivity (Wildman–Crippen MR) is 69.5 cm³/mol. The molecule has 0 bridgehead atoms. The van der Waals surface area contributed by atoms with Crippen LogP contribution in [0.25, 0.3) is 11.2 Å². The standard InChI is InChI=1S/C11H14ClN3S/c1-4-11(2,3)15-9-8(14-10(15)16)5-7(12)6-13-9/h5-6H,4H2,1-3H3,(H,14,16). The minimum Gasteiger partial charge on any atom is -0.329 e. The smallest absolute Gasteiger partial charge is 0.179 e. The van der Waals surface area contributed by atoms with Crippen molar-refractivity contribution in [3.8, 4) is 0 Å². The number of pyridine rings is 1. The van der Waals surface area contributed by atoms with E-state index in [9.17, 15) is 0 Å². The van der Waals surface area contributed by atoms with Crippen molar-refractivity contribution in [2.75, 3.05) is 0 Å². The van der Waals surface area contributed by atoms with Crippen LogP contribution < -0.4 is 0 Å². The maximum atomic E-state index is 5.90. The van der Waals surface area contributed by atoms with E-state index < -0.39 is 0 Å². The van der Waals surface area contributed by atoms with E-state index in [1.807, 2.05) is 10.6 Å². The van der Waals surface area contributed by atoms with Crippen LogP contribution >= 0.6 is 23.8 Å². The van der Waals surface area contributed by atoms with Crippen LogP contribution in [-0.4, -0.2) is 14.5 Å². The number of hydrogen-bond acceptors (Lipinski definition) is 2. The fraction of sp³-hybridized carbons (Fsp3) is 0.455. The van der Waals surface area contributed by atoms with E-state index in [0.717, 1.165) is 17.6 Å². The molecule has 0 fully saturated rings. The Hall–Kier alpha value is -0.870. The quantitative estimate of drug-likeness (QED) is 0.826. The third kappa shape index (κ3) is 1.76. The molecule has 0 aliphatic rings. The second-order valence-electron chi connectivity index (χ2n) is 4.46. The summed E-state index contributed by atoms with van der Waals surface area (Å²) in [4.78, 5) is 7.49. The van der Waals surface area contributed by atoms with Gasteiger partial charge < -0.3 is 4.98 Å². The molecule has 2 heterocycles. The average molecular weight is 256 g/mol. The molecule has 2 aromatic rings. The Balaban J connectivity index is 2.80. The summed E-state index contributed by atoms with van der Waals surface area (Å²) in [6.45, 7) is 6.43. The van der Waals surface area contributed by atoms with Gasteiger partial charge in [-0.1, -0.05) is 18.5 Å². The first kappa shape index (κ1) is 11.6. The van der Waals surface area contributed by atoms with Gasteiger partial charge in [0.15, 0.2) is 10.4 Å². The van der Waals surface area contributed by atoms with Crippen LogP contribution in [0.3, 0.4) is 0 Å². The van der Waals surface area contributed by atoms with Crippen molar-refractivity contribution in [2.24, 2.45) is 0 Å². The van der Waals surface area contributed by atoms with E-state index in [4.69, 9.17) is 23.8 Å². The van der Waals surface area contributed by atoms with Crippen molar-refractivity contribution in [2.45, 2.75) is 32.7 Å².